The molecule has 0 unspecified atom stereocenters. The molecule has 0 amide bonds. The Kier molecular flexibility index (Phi) is 4.08. The molecule has 4 nitrogen and oxygen atoms in total. The smallest absolute Gasteiger partial charge is 0.260 e. The van der Waals surface area contributed by atoms with Crippen molar-refractivity contribution < 1.29 is 17.6 Å². The Morgan fingerprint density at radius 2 is 1.71 bits per heavy atom. The van der Waals surface area contributed by atoms with Crippen LogP contribution in [0.3, 0.4) is 0 Å². The van der Waals surface area contributed by atoms with Crippen LogP contribution in [-0.2, 0) is 6.18 Å². The third-order valence-corrected chi connectivity index (χ3v) is 4.27. The van der Waals surface area contributed by atoms with E-state index in [1.54, 1.807) is 36.4 Å². The highest BCUT2D eigenvalue weighted by Crippen LogP contribution is 2.40. The average molecular weight is 382 g/mol. The molecule has 0 aliphatic carbocycles. The fourth-order valence-electron chi connectivity index (χ4n) is 2.98. The average Bonchev–Trinajstić information content (AvgIpc) is 3.11. The van der Waals surface area contributed by atoms with E-state index in [9.17, 15) is 17.6 Å². The number of aromatic amines is 1. The largest absolute Gasteiger partial charge is 0.417 e. The Bertz CT molecular complexity index is 1220. The number of H-pyrrole nitrogens is 1. The number of nitriles is 1. The second kappa shape index (κ2) is 6.46. The van der Waals surface area contributed by atoms with E-state index in [1.807, 2.05) is 0 Å². The van der Waals surface area contributed by atoms with Gasteiger partial charge in [-0.05, 0) is 24.3 Å². The van der Waals surface area contributed by atoms with Crippen LogP contribution in [0.1, 0.15) is 11.1 Å². The topological polar surface area (TPSA) is 65.4 Å². The molecule has 4 aromatic rings. The summed E-state index contributed by atoms with van der Waals surface area (Å²) in [6.07, 6.45) is -4.67. The van der Waals surface area contributed by atoms with Crippen molar-refractivity contribution in [1.82, 2.24) is 15.2 Å². The Hall–Kier alpha value is -3.73. The van der Waals surface area contributed by atoms with Crippen LogP contribution in [0, 0.1) is 17.1 Å². The van der Waals surface area contributed by atoms with Gasteiger partial charge in [0.1, 0.15) is 17.6 Å². The maximum absolute atomic E-state index is 13.8. The van der Waals surface area contributed by atoms with E-state index >= 15 is 0 Å². The maximum atomic E-state index is 13.8. The van der Waals surface area contributed by atoms with Gasteiger partial charge in [-0.15, -0.1) is 0 Å². The van der Waals surface area contributed by atoms with Gasteiger partial charge < -0.3 is 0 Å². The van der Waals surface area contributed by atoms with Crippen LogP contribution in [0.2, 0.25) is 0 Å². The first kappa shape index (κ1) is 17.7. The van der Waals surface area contributed by atoms with Gasteiger partial charge >= 0.3 is 6.18 Å². The van der Waals surface area contributed by atoms with Crippen molar-refractivity contribution in [2.45, 2.75) is 6.18 Å². The van der Waals surface area contributed by atoms with Crippen LogP contribution in [-0.4, -0.2) is 15.2 Å². The van der Waals surface area contributed by atoms with Gasteiger partial charge in [0.05, 0.1) is 22.2 Å². The molecule has 0 radical (unpaired) electrons. The quantitative estimate of drug-likeness (QED) is 0.477. The third-order valence-electron chi connectivity index (χ3n) is 4.27. The number of alkyl halides is 3. The number of nitrogens with zero attached hydrogens (tertiary/aromatic N) is 3. The minimum Gasteiger partial charge on any atom is -0.260 e. The van der Waals surface area contributed by atoms with Crippen LogP contribution in [0.25, 0.3) is 33.5 Å². The van der Waals surface area contributed by atoms with E-state index in [0.717, 1.165) is 18.2 Å². The van der Waals surface area contributed by atoms with E-state index in [-0.39, 0.29) is 33.5 Å². The number of nitrogens with one attached hydrogen (secondary N) is 1. The lowest BCUT2D eigenvalue weighted by molar-refractivity contribution is -0.136. The fourth-order valence-corrected chi connectivity index (χ4v) is 2.98. The van der Waals surface area contributed by atoms with Crippen molar-refractivity contribution in [3.63, 3.8) is 0 Å². The Morgan fingerprint density at radius 1 is 0.964 bits per heavy atom. The molecule has 0 atom stereocenters. The van der Waals surface area contributed by atoms with Crippen LogP contribution in [0.5, 0.6) is 0 Å². The number of pyridine rings is 1. The first-order chi connectivity index (χ1) is 13.4. The van der Waals surface area contributed by atoms with Gasteiger partial charge in [-0.1, -0.05) is 30.3 Å². The summed E-state index contributed by atoms with van der Waals surface area (Å²) in [5.74, 6) is -0.753. The van der Waals surface area contributed by atoms with Gasteiger partial charge in [0.2, 0.25) is 0 Å². The molecule has 0 saturated heterocycles. The highest BCUT2D eigenvalue weighted by atomic mass is 19.4. The number of aromatic nitrogens is 3. The third kappa shape index (κ3) is 2.97. The molecule has 0 aliphatic heterocycles. The number of halogens is 4. The highest BCUT2D eigenvalue weighted by molar-refractivity contribution is 5.95. The summed E-state index contributed by atoms with van der Waals surface area (Å²) in [4.78, 5) is 4.22. The predicted octanol–water partition coefficient (Wildman–Crippen LogP) is 5.32. The number of fused-ring (bicyclic) bond motifs is 1. The predicted molar refractivity (Wildman–Crippen MR) is 94.4 cm³/mol. The van der Waals surface area contributed by atoms with Gasteiger partial charge in [-0.25, -0.2) is 9.37 Å². The molecule has 138 valence electrons. The summed E-state index contributed by atoms with van der Waals surface area (Å²) in [7, 11) is 0. The second-order valence-corrected chi connectivity index (χ2v) is 6.02. The van der Waals surface area contributed by atoms with Crippen molar-refractivity contribution in [2.75, 3.05) is 0 Å². The maximum Gasteiger partial charge on any atom is 0.417 e. The van der Waals surface area contributed by atoms with Crippen LogP contribution >= 0.6 is 0 Å². The van der Waals surface area contributed by atoms with Gasteiger partial charge in [0, 0.05) is 11.1 Å². The van der Waals surface area contributed by atoms with Gasteiger partial charge in [0.15, 0.2) is 5.65 Å². The first-order valence-electron chi connectivity index (χ1n) is 8.10. The molecule has 2 aromatic heterocycles. The molecule has 8 heteroatoms. The van der Waals surface area contributed by atoms with Gasteiger partial charge in [-0.2, -0.15) is 23.5 Å². The molecule has 0 bridgehead atoms. The molecule has 0 saturated carbocycles. The molecule has 2 aromatic carbocycles. The normalized spacial score (nSPS) is 11.5. The fraction of sp³-hybridized carbons (Fsp3) is 0.0500. The van der Waals surface area contributed by atoms with E-state index < -0.39 is 17.6 Å². The van der Waals surface area contributed by atoms with E-state index in [0.29, 0.717) is 5.56 Å². The molecule has 0 aliphatic rings. The lowest BCUT2D eigenvalue weighted by Gasteiger charge is -2.11. The molecule has 28 heavy (non-hydrogen) atoms. The number of hydrogen-bond acceptors (Lipinski definition) is 3. The summed E-state index contributed by atoms with van der Waals surface area (Å²) in [6.45, 7) is 0. The van der Waals surface area contributed by atoms with Gasteiger partial charge in [0.25, 0.3) is 0 Å². The van der Waals surface area contributed by atoms with Crippen LogP contribution < -0.4 is 0 Å². The zero-order valence-corrected chi connectivity index (χ0v) is 14.0. The SMILES string of the molecule is N#Cc1cc(-c2cc(C(F)(F)F)c3c(-c4ccccc4)n[nH]c3n2)ccc1F. The Balaban J connectivity index is 1.99. The zero-order chi connectivity index (χ0) is 19.9. The molecular weight excluding hydrogens is 372 g/mol. The molecule has 1 N–H and O–H groups in total. The summed E-state index contributed by atoms with van der Waals surface area (Å²) in [5, 5.41) is 15.4. The molecule has 0 spiro atoms. The first-order valence-corrected chi connectivity index (χ1v) is 8.10. The van der Waals surface area contributed by atoms with Crippen LogP contribution in [0.4, 0.5) is 17.6 Å². The van der Waals surface area contributed by atoms with E-state index in [2.05, 4.69) is 15.2 Å². The molecule has 2 heterocycles. The van der Waals surface area contributed by atoms with Crippen molar-refractivity contribution in [2.24, 2.45) is 0 Å². The minimum absolute atomic E-state index is 0.0420. The molecule has 4 rings (SSSR count). The summed E-state index contributed by atoms with van der Waals surface area (Å²) >= 11 is 0. The molecule has 0 fully saturated rings. The minimum atomic E-state index is -4.67. The van der Waals surface area contributed by atoms with Crippen molar-refractivity contribution in [3.05, 3.63) is 71.5 Å². The highest BCUT2D eigenvalue weighted by Gasteiger charge is 2.35. The summed E-state index contributed by atoms with van der Waals surface area (Å²) in [6, 6.07) is 14.5. The number of rotatable bonds is 2. The Labute approximate surface area is 156 Å². The van der Waals surface area contributed by atoms with Crippen molar-refractivity contribution in [3.8, 4) is 28.6 Å². The van der Waals surface area contributed by atoms with E-state index in [1.165, 1.54) is 6.07 Å². The van der Waals surface area contributed by atoms with Crippen molar-refractivity contribution in [1.29, 1.82) is 5.26 Å². The van der Waals surface area contributed by atoms with Crippen LogP contribution in [0.15, 0.2) is 54.6 Å². The summed E-state index contributed by atoms with van der Waals surface area (Å²) < 4.78 is 55.0. The zero-order valence-electron chi connectivity index (χ0n) is 14.0. The summed E-state index contributed by atoms with van der Waals surface area (Å²) in [5.41, 5.74) is -0.432. The molecular formula is C20H10F4N4. The van der Waals surface area contributed by atoms with Gasteiger partial charge in [-0.3, -0.25) is 5.10 Å². The second-order valence-electron chi connectivity index (χ2n) is 6.02. The Morgan fingerprint density at radius 3 is 2.39 bits per heavy atom. The van der Waals surface area contributed by atoms with Crippen molar-refractivity contribution >= 4 is 11.0 Å². The number of benzene rings is 2. The van der Waals surface area contributed by atoms with E-state index in [4.69, 9.17) is 5.26 Å². The standard InChI is InChI=1S/C20H10F4N4/c21-15-7-6-12(8-13(15)10-25)16-9-14(20(22,23)24)17-18(27-28-19(17)26-16)11-4-2-1-3-5-11/h1-9H,(H,26,27,28). The monoisotopic (exact) mass is 382 g/mol. The number of hydrogen-bond donors (Lipinski definition) is 1. The lowest BCUT2D eigenvalue weighted by Crippen LogP contribution is -2.07. The lowest BCUT2D eigenvalue weighted by atomic mass is 10.0.